The van der Waals surface area contributed by atoms with Crippen molar-refractivity contribution in [1.82, 2.24) is 9.88 Å². The predicted octanol–water partition coefficient (Wildman–Crippen LogP) is 3.96. The molecular formula is C20H19F3N4O2S. The molecule has 0 radical (unpaired) electrons. The molecule has 0 bridgehead atoms. The minimum atomic E-state index is -4.74. The lowest BCUT2D eigenvalue weighted by Crippen LogP contribution is -2.48. The SMILES string of the molecule is O=C(CN1CCN(c2nc3ccccc3s2)CC1)Nc1ccc(OC(F)(F)F)cc1. The number of amides is 1. The summed E-state index contributed by atoms with van der Waals surface area (Å²) in [6, 6.07) is 13.1. The highest BCUT2D eigenvalue weighted by molar-refractivity contribution is 7.22. The van der Waals surface area contributed by atoms with Gasteiger partial charge < -0.3 is 15.0 Å². The first kappa shape index (κ1) is 20.4. The standard InChI is InChI=1S/C20H19F3N4O2S/c21-20(22,23)29-15-7-5-14(6-8-15)24-18(28)13-26-9-11-27(12-10-26)19-25-16-3-1-2-4-17(16)30-19/h1-8H,9-13H2,(H,24,28). The summed E-state index contributed by atoms with van der Waals surface area (Å²) in [5.41, 5.74) is 1.41. The van der Waals surface area contributed by atoms with Crippen molar-refractivity contribution in [2.45, 2.75) is 6.36 Å². The van der Waals surface area contributed by atoms with Gasteiger partial charge in [0.2, 0.25) is 5.91 Å². The van der Waals surface area contributed by atoms with Crippen LogP contribution in [0.5, 0.6) is 5.75 Å². The first-order valence-corrected chi connectivity index (χ1v) is 10.2. The number of para-hydroxylation sites is 1. The number of anilines is 2. The number of ether oxygens (including phenoxy) is 1. The molecule has 1 amide bonds. The lowest BCUT2D eigenvalue weighted by Gasteiger charge is -2.34. The van der Waals surface area contributed by atoms with E-state index in [2.05, 4.69) is 26.0 Å². The number of hydrogen-bond donors (Lipinski definition) is 1. The average Bonchev–Trinajstić information content (AvgIpc) is 3.13. The lowest BCUT2D eigenvalue weighted by molar-refractivity contribution is -0.274. The molecule has 158 valence electrons. The van der Waals surface area contributed by atoms with E-state index in [1.165, 1.54) is 24.3 Å². The summed E-state index contributed by atoms with van der Waals surface area (Å²) in [6.45, 7) is 3.21. The first-order valence-electron chi connectivity index (χ1n) is 9.34. The van der Waals surface area contributed by atoms with Crippen LogP contribution in [0, 0.1) is 0 Å². The zero-order valence-electron chi connectivity index (χ0n) is 15.9. The van der Waals surface area contributed by atoms with Gasteiger partial charge in [0.1, 0.15) is 5.75 Å². The average molecular weight is 436 g/mol. The monoisotopic (exact) mass is 436 g/mol. The Morgan fingerprint density at radius 1 is 1.07 bits per heavy atom. The van der Waals surface area contributed by atoms with Crippen LogP contribution < -0.4 is 15.0 Å². The fraction of sp³-hybridized carbons (Fsp3) is 0.300. The van der Waals surface area contributed by atoms with E-state index < -0.39 is 6.36 Å². The maximum absolute atomic E-state index is 12.3. The van der Waals surface area contributed by atoms with Gasteiger partial charge in [-0.1, -0.05) is 23.5 Å². The van der Waals surface area contributed by atoms with Crippen molar-refractivity contribution < 1.29 is 22.7 Å². The van der Waals surface area contributed by atoms with Gasteiger partial charge in [-0.15, -0.1) is 13.2 Å². The molecule has 1 aliphatic rings. The van der Waals surface area contributed by atoms with Crippen molar-refractivity contribution in [3.05, 3.63) is 48.5 Å². The minimum Gasteiger partial charge on any atom is -0.406 e. The third kappa shape index (κ3) is 5.19. The van der Waals surface area contributed by atoms with Gasteiger partial charge >= 0.3 is 6.36 Å². The van der Waals surface area contributed by atoms with Gasteiger partial charge in [0.05, 0.1) is 16.8 Å². The number of nitrogens with zero attached hydrogens (tertiary/aromatic N) is 3. The second-order valence-corrected chi connectivity index (χ2v) is 7.86. The lowest BCUT2D eigenvalue weighted by atomic mass is 10.3. The molecule has 1 N–H and O–H groups in total. The molecule has 0 spiro atoms. The van der Waals surface area contributed by atoms with E-state index in [0.717, 1.165) is 41.5 Å². The minimum absolute atomic E-state index is 0.215. The van der Waals surface area contributed by atoms with Gasteiger partial charge in [0.25, 0.3) is 0 Å². The molecule has 6 nitrogen and oxygen atoms in total. The van der Waals surface area contributed by atoms with E-state index >= 15 is 0 Å². The quantitative estimate of drug-likeness (QED) is 0.656. The number of hydrogen-bond acceptors (Lipinski definition) is 6. The van der Waals surface area contributed by atoms with Gasteiger partial charge in [-0.05, 0) is 36.4 Å². The number of piperazine rings is 1. The molecular weight excluding hydrogens is 417 g/mol. The van der Waals surface area contributed by atoms with Crippen LogP contribution >= 0.6 is 11.3 Å². The molecule has 0 atom stereocenters. The summed E-state index contributed by atoms with van der Waals surface area (Å²) in [6.07, 6.45) is -4.74. The number of alkyl halides is 3. The maximum Gasteiger partial charge on any atom is 0.573 e. The van der Waals surface area contributed by atoms with Crippen LogP contribution in [0.4, 0.5) is 24.0 Å². The third-order valence-corrected chi connectivity index (χ3v) is 5.76. The second-order valence-electron chi connectivity index (χ2n) is 6.85. The zero-order chi connectivity index (χ0) is 21.1. The van der Waals surface area contributed by atoms with Gasteiger partial charge in [0.15, 0.2) is 5.13 Å². The number of fused-ring (bicyclic) bond motifs is 1. The van der Waals surface area contributed by atoms with E-state index in [4.69, 9.17) is 0 Å². The summed E-state index contributed by atoms with van der Waals surface area (Å²) < 4.78 is 41.6. The van der Waals surface area contributed by atoms with Crippen LogP contribution in [-0.4, -0.2) is 54.9 Å². The number of carbonyl (C=O) groups is 1. The molecule has 2 aromatic carbocycles. The van der Waals surface area contributed by atoms with Gasteiger partial charge in [-0.2, -0.15) is 0 Å². The summed E-state index contributed by atoms with van der Waals surface area (Å²) in [7, 11) is 0. The largest absolute Gasteiger partial charge is 0.573 e. The van der Waals surface area contributed by atoms with Crippen molar-refractivity contribution in [3.8, 4) is 5.75 Å². The third-order valence-electron chi connectivity index (χ3n) is 4.66. The van der Waals surface area contributed by atoms with E-state index in [9.17, 15) is 18.0 Å². The Labute approximate surface area is 174 Å². The smallest absolute Gasteiger partial charge is 0.406 e. The van der Waals surface area contributed by atoms with Crippen LogP contribution in [0.15, 0.2) is 48.5 Å². The molecule has 0 saturated carbocycles. The number of thiazole rings is 1. The Morgan fingerprint density at radius 2 is 1.77 bits per heavy atom. The molecule has 2 heterocycles. The highest BCUT2D eigenvalue weighted by Crippen LogP contribution is 2.29. The van der Waals surface area contributed by atoms with E-state index in [1.807, 2.05) is 23.1 Å². The Bertz CT molecular complexity index is 982. The first-order chi connectivity index (χ1) is 14.4. The predicted molar refractivity (Wildman–Crippen MR) is 110 cm³/mol. The van der Waals surface area contributed by atoms with Crippen molar-refractivity contribution in [1.29, 1.82) is 0 Å². The molecule has 30 heavy (non-hydrogen) atoms. The molecule has 4 rings (SSSR count). The molecule has 1 fully saturated rings. The fourth-order valence-electron chi connectivity index (χ4n) is 3.24. The van der Waals surface area contributed by atoms with Crippen LogP contribution in [0.2, 0.25) is 0 Å². The van der Waals surface area contributed by atoms with E-state index in [-0.39, 0.29) is 18.2 Å². The van der Waals surface area contributed by atoms with Crippen LogP contribution in [0.3, 0.4) is 0 Å². The Hall–Kier alpha value is -2.85. The number of nitrogens with one attached hydrogen (secondary N) is 1. The molecule has 1 saturated heterocycles. The van der Waals surface area contributed by atoms with E-state index in [0.29, 0.717) is 5.69 Å². The van der Waals surface area contributed by atoms with Gasteiger partial charge in [-0.25, -0.2) is 4.98 Å². The van der Waals surface area contributed by atoms with Crippen LogP contribution in [0.25, 0.3) is 10.2 Å². The van der Waals surface area contributed by atoms with Crippen molar-refractivity contribution >= 4 is 38.3 Å². The highest BCUT2D eigenvalue weighted by atomic mass is 32.1. The molecule has 0 aliphatic carbocycles. The Kier molecular flexibility index (Phi) is 5.78. The molecule has 0 unspecified atom stereocenters. The van der Waals surface area contributed by atoms with Crippen LogP contribution in [-0.2, 0) is 4.79 Å². The number of aromatic nitrogens is 1. The molecule has 1 aliphatic heterocycles. The number of rotatable bonds is 5. The number of halogens is 3. The van der Waals surface area contributed by atoms with Crippen LogP contribution in [0.1, 0.15) is 0 Å². The molecule has 10 heteroatoms. The number of carbonyl (C=O) groups excluding carboxylic acids is 1. The van der Waals surface area contributed by atoms with Crippen molar-refractivity contribution in [2.75, 3.05) is 42.9 Å². The summed E-state index contributed by atoms with van der Waals surface area (Å²) in [4.78, 5) is 21.2. The summed E-state index contributed by atoms with van der Waals surface area (Å²) in [5.74, 6) is -0.542. The van der Waals surface area contributed by atoms with E-state index in [1.54, 1.807) is 11.3 Å². The Morgan fingerprint density at radius 3 is 2.43 bits per heavy atom. The van der Waals surface area contributed by atoms with Crippen molar-refractivity contribution in [3.63, 3.8) is 0 Å². The number of benzene rings is 2. The summed E-state index contributed by atoms with van der Waals surface area (Å²) >= 11 is 1.66. The van der Waals surface area contributed by atoms with Gasteiger partial charge in [-0.3, -0.25) is 9.69 Å². The zero-order valence-corrected chi connectivity index (χ0v) is 16.7. The van der Waals surface area contributed by atoms with Crippen molar-refractivity contribution in [2.24, 2.45) is 0 Å². The Balaban J connectivity index is 1.26. The maximum atomic E-state index is 12.3. The van der Waals surface area contributed by atoms with Gasteiger partial charge in [0, 0.05) is 31.9 Å². The topological polar surface area (TPSA) is 57.7 Å². The highest BCUT2D eigenvalue weighted by Gasteiger charge is 2.31. The molecule has 1 aromatic heterocycles. The summed E-state index contributed by atoms with van der Waals surface area (Å²) in [5, 5.41) is 3.69. The fourth-order valence-corrected chi connectivity index (χ4v) is 4.25. The molecule has 3 aromatic rings. The second kappa shape index (κ2) is 8.49. The normalized spacial score (nSPS) is 15.4.